The summed E-state index contributed by atoms with van der Waals surface area (Å²) in [5.41, 5.74) is 0.464. The van der Waals surface area contributed by atoms with E-state index in [1.165, 1.54) is 0 Å². The molecule has 0 aromatic heterocycles. The second-order valence-electron chi connectivity index (χ2n) is 7.30. The molecular formula is C19H25NO7. The van der Waals surface area contributed by atoms with Crippen LogP contribution >= 0.6 is 0 Å². The highest BCUT2D eigenvalue weighted by atomic mass is 16.8. The van der Waals surface area contributed by atoms with E-state index in [2.05, 4.69) is 5.32 Å². The number of rotatable bonds is 7. The molecule has 0 aliphatic carbocycles. The average molecular weight is 379 g/mol. The molecule has 1 aromatic rings. The molecule has 1 atom stereocenters. The zero-order valence-electron chi connectivity index (χ0n) is 15.6. The van der Waals surface area contributed by atoms with E-state index in [9.17, 15) is 19.8 Å². The van der Waals surface area contributed by atoms with Crippen LogP contribution in [-0.4, -0.2) is 52.9 Å². The number of aliphatic hydroxyl groups excluding tert-OH is 1. The Morgan fingerprint density at radius 3 is 2.19 bits per heavy atom. The molecule has 2 rings (SSSR count). The maximum absolute atomic E-state index is 11.4. The van der Waals surface area contributed by atoms with Gasteiger partial charge in [-0.3, -0.25) is 0 Å². The van der Waals surface area contributed by atoms with Gasteiger partial charge >= 0.3 is 17.9 Å². The second kappa shape index (κ2) is 8.51. The maximum Gasteiger partial charge on any atom is 0.377 e. The van der Waals surface area contributed by atoms with Crippen molar-refractivity contribution in [2.75, 3.05) is 13.2 Å². The van der Waals surface area contributed by atoms with Crippen molar-refractivity contribution in [2.24, 2.45) is 0 Å². The van der Waals surface area contributed by atoms with Crippen LogP contribution in [0.15, 0.2) is 36.4 Å². The molecule has 0 saturated carbocycles. The number of hydrogen-bond acceptors (Lipinski definition) is 8. The van der Waals surface area contributed by atoms with Crippen molar-refractivity contribution in [3.05, 3.63) is 42.0 Å². The summed E-state index contributed by atoms with van der Waals surface area (Å²) in [6.45, 7) is 6.54. The molecule has 0 bridgehead atoms. The van der Waals surface area contributed by atoms with Crippen LogP contribution in [0.25, 0.3) is 0 Å². The summed E-state index contributed by atoms with van der Waals surface area (Å²) in [5, 5.41) is 23.3. The lowest BCUT2D eigenvalue weighted by atomic mass is 10.1. The third-order valence-electron chi connectivity index (χ3n) is 3.54. The van der Waals surface area contributed by atoms with Gasteiger partial charge in [-0.05, 0) is 38.5 Å². The van der Waals surface area contributed by atoms with Crippen LogP contribution in [0.4, 0.5) is 0 Å². The third-order valence-corrected chi connectivity index (χ3v) is 3.54. The van der Waals surface area contributed by atoms with E-state index in [4.69, 9.17) is 14.2 Å². The van der Waals surface area contributed by atoms with E-state index >= 15 is 0 Å². The van der Waals surface area contributed by atoms with Crippen LogP contribution in [0.5, 0.6) is 5.75 Å². The van der Waals surface area contributed by atoms with Gasteiger partial charge < -0.3 is 29.7 Å². The van der Waals surface area contributed by atoms with Gasteiger partial charge in [-0.2, -0.15) is 0 Å². The van der Waals surface area contributed by atoms with Gasteiger partial charge in [-0.25, -0.2) is 9.59 Å². The topological polar surface area (TPSA) is 114 Å². The number of carbonyl (C=O) groups is 2. The summed E-state index contributed by atoms with van der Waals surface area (Å²) in [6.07, 6.45) is 0.876. The number of ether oxygens (including phenoxy) is 3. The Hall–Kier alpha value is -2.42. The summed E-state index contributed by atoms with van der Waals surface area (Å²) >= 11 is 0. The molecule has 0 unspecified atom stereocenters. The number of esters is 2. The van der Waals surface area contributed by atoms with E-state index in [-0.39, 0.29) is 18.6 Å². The van der Waals surface area contributed by atoms with Gasteiger partial charge in [-0.1, -0.05) is 12.1 Å². The molecule has 1 aliphatic rings. The smallest absolute Gasteiger partial charge is 0.377 e. The van der Waals surface area contributed by atoms with Gasteiger partial charge in [-0.15, -0.1) is 0 Å². The lowest BCUT2D eigenvalue weighted by Crippen LogP contribution is -2.42. The summed E-state index contributed by atoms with van der Waals surface area (Å²) in [7, 11) is 0. The Morgan fingerprint density at radius 2 is 1.67 bits per heavy atom. The molecule has 0 fully saturated rings. The Bertz CT molecular complexity index is 671. The predicted molar refractivity (Wildman–Crippen MR) is 95.7 cm³/mol. The molecule has 148 valence electrons. The molecule has 0 radical (unpaired) electrons. The standard InChI is InChI=1S/C19H25NO7/c1-18(2,3)20-11-14(21)12-25-15-6-4-13(5-7-15)10-19(24)26-16(22)8-9-17(23)27-19/h4-9,14,20-21,24H,10-12H2,1-3H3/t14-/m0/s1. The Balaban J connectivity index is 1.87. The van der Waals surface area contributed by atoms with Crippen LogP contribution < -0.4 is 10.1 Å². The summed E-state index contributed by atoms with van der Waals surface area (Å²) in [4.78, 5) is 22.8. The number of benzene rings is 1. The molecular weight excluding hydrogens is 354 g/mol. The molecule has 0 amide bonds. The van der Waals surface area contributed by atoms with E-state index in [1.54, 1.807) is 24.3 Å². The number of aliphatic hydroxyl groups is 2. The first kappa shape index (κ1) is 20.9. The predicted octanol–water partition coefficient (Wildman–Crippen LogP) is 0.659. The van der Waals surface area contributed by atoms with Crippen molar-refractivity contribution in [3.63, 3.8) is 0 Å². The number of β-amino-alcohol motifs (C(OH)–C–C–N with tert-alkyl or cyclic N) is 1. The minimum Gasteiger partial charge on any atom is -0.491 e. The van der Waals surface area contributed by atoms with E-state index < -0.39 is 24.0 Å². The van der Waals surface area contributed by atoms with E-state index in [0.29, 0.717) is 17.9 Å². The highest BCUT2D eigenvalue weighted by Crippen LogP contribution is 2.22. The summed E-state index contributed by atoms with van der Waals surface area (Å²) in [5.74, 6) is -3.59. The number of hydrogen-bond donors (Lipinski definition) is 3. The van der Waals surface area contributed by atoms with Crippen LogP contribution in [0.2, 0.25) is 0 Å². The first-order chi connectivity index (χ1) is 12.5. The number of cyclic esters (lactones) is 2. The van der Waals surface area contributed by atoms with Crippen molar-refractivity contribution < 1.29 is 34.0 Å². The van der Waals surface area contributed by atoms with Crippen molar-refractivity contribution in [3.8, 4) is 5.75 Å². The van der Waals surface area contributed by atoms with Crippen LogP contribution in [0, 0.1) is 0 Å². The monoisotopic (exact) mass is 379 g/mol. The highest BCUT2D eigenvalue weighted by Gasteiger charge is 2.37. The first-order valence-corrected chi connectivity index (χ1v) is 8.56. The second-order valence-corrected chi connectivity index (χ2v) is 7.30. The minimum atomic E-state index is -2.37. The molecule has 27 heavy (non-hydrogen) atoms. The van der Waals surface area contributed by atoms with Gasteiger partial charge in [0.25, 0.3) is 0 Å². The number of carbonyl (C=O) groups excluding carboxylic acids is 2. The van der Waals surface area contributed by atoms with Gasteiger partial charge in [0.15, 0.2) is 0 Å². The number of nitrogens with one attached hydrogen (secondary N) is 1. The Labute approximate surface area is 157 Å². The van der Waals surface area contributed by atoms with Crippen LogP contribution in [-0.2, 0) is 25.5 Å². The lowest BCUT2D eigenvalue weighted by molar-refractivity contribution is -0.318. The van der Waals surface area contributed by atoms with E-state index in [0.717, 1.165) is 12.2 Å². The third kappa shape index (κ3) is 7.38. The fourth-order valence-corrected chi connectivity index (χ4v) is 2.25. The summed E-state index contributed by atoms with van der Waals surface area (Å²) in [6, 6.07) is 6.54. The molecule has 8 nitrogen and oxygen atoms in total. The molecule has 0 saturated heterocycles. The normalized spacial score (nSPS) is 17.7. The molecule has 8 heteroatoms. The fourth-order valence-electron chi connectivity index (χ4n) is 2.25. The Morgan fingerprint density at radius 1 is 1.11 bits per heavy atom. The van der Waals surface area contributed by atoms with Crippen molar-refractivity contribution in [1.29, 1.82) is 0 Å². The van der Waals surface area contributed by atoms with Crippen molar-refractivity contribution >= 4 is 11.9 Å². The Kier molecular flexibility index (Phi) is 6.59. The molecule has 1 aliphatic heterocycles. The zero-order chi connectivity index (χ0) is 20.1. The molecule has 3 N–H and O–H groups in total. The van der Waals surface area contributed by atoms with Crippen LogP contribution in [0.1, 0.15) is 26.3 Å². The van der Waals surface area contributed by atoms with Gasteiger partial charge in [0.1, 0.15) is 18.5 Å². The highest BCUT2D eigenvalue weighted by molar-refractivity contribution is 5.93. The zero-order valence-corrected chi connectivity index (χ0v) is 15.6. The van der Waals surface area contributed by atoms with Crippen molar-refractivity contribution in [1.82, 2.24) is 5.32 Å². The lowest BCUT2D eigenvalue weighted by Gasteiger charge is -2.24. The van der Waals surface area contributed by atoms with Gasteiger partial charge in [0.2, 0.25) is 0 Å². The van der Waals surface area contributed by atoms with Gasteiger partial charge in [0.05, 0.1) is 6.42 Å². The average Bonchev–Trinajstić information content (AvgIpc) is 2.69. The SMILES string of the molecule is CC(C)(C)NC[C@H](O)COc1ccc(CC2(O)OC(=O)C=CC(=O)O2)cc1. The molecule has 1 aromatic carbocycles. The summed E-state index contributed by atoms with van der Waals surface area (Å²) < 4.78 is 15.0. The molecule has 0 spiro atoms. The quantitative estimate of drug-likeness (QED) is 0.592. The maximum atomic E-state index is 11.4. The first-order valence-electron chi connectivity index (χ1n) is 8.56. The minimum absolute atomic E-state index is 0.0939. The van der Waals surface area contributed by atoms with Crippen molar-refractivity contribution in [2.45, 2.75) is 44.8 Å². The van der Waals surface area contributed by atoms with Gasteiger partial charge in [0, 0.05) is 24.2 Å². The van der Waals surface area contributed by atoms with E-state index in [1.807, 2.05) is 20.8 Å². The van der Waals surface area contributed by atoms with Crippen LogP contribution in [0.3, 0.4) is 0 Å². The fraction of sp³-hybridized carbons (Fsp3) is 0.474. The molecule has 1 heterocycles. The largest absolute Gasteiger partial charge is 0.491 e.